The van der Waals surface area contributed by atoms with Crippen LogP contribution in [-0.4, -0.2) is 17.1 Å². The van der Waals surface area contributed by atoms with Gasteiger partial charge in [0.15, 0.2) is 0 Å². The summed E-state index contributed by atoms with van der Waals surface area (Å²) in [5, 5.41) is 1.46. The molecule has 3 aromatic rings. The lowest BCUT2D eigenvalue weighted by Crippen LogP contribution is -2.03. The third-order valence-electron chi connectivity index (χ3n) is 2.57. The third-order valence-corrected chi connectivity index (χ3v) is 2.57. The maximum atomic E-state index is 11.2. The van der Waals surface area contributed by atoms with Crippen LogP contribution < -0.4 is 10.5 Å². The average molecular weight is 228 g/mol. The summed E-state index contributed by atoms with van der Waals surface area (Å²) in [7, 11) is 1.58. The van der Waals surface area contributed by atoms with E-state index in [2.05, 4.69) is 9.97 Å². The summed E-state index contributed by atoms with van der Waals surface area (Å²) in [4.78, 5) is 19.3. The van der Waals surface area contributed by atoms with Crippen LogP contribution in [0.4, 0.5) is 0 Å². The van der Waals surface area contributed by atoms with E-state index in [1.807, 2.05) is 18.2 Å². The number of aromatic nitrogens is 2. The van der Waals surface area contributed by atoms with Crippen molar-refractivity contribution in [3.63, 3.8) is 0 Å². The van der Waals surface area contributed by atoms with Gasteiger partial charge in [0.05, 0.1) is 18.0 Å². The average Bonchev–Trinajstić information content (AvgIpc) is 2.37. The summed E-state index contributed by atoms with van der Waals surface area (Å²) < 4.78 is 9.92. The number of pyridine rings is 1. The fourth-order valence-corrected chi connectivity index (χ4v) is 1.80. The predicted molar refractivity (Wildman–Crippen MR) is 62.1 cm³/mol. The molecule has 2 heterocycles. The topological polar surface area (TPSA) is 65.2 Å². The van der Waals surface area contributed by atoms with Crippen LogP contribution in [0, 0.1) is 0 Å². The lowest BCUT2D eigenvalue weighted by Gasteiger charge is -2.05. The molecule has 0 bridgehead atoms. The van der Waals surface area contributed by atoms with Crippen molar-refractivity contribution in [3.8, 4) is 5.75 Å². The summed E-state index contributed by atoms with van der Waals surface area (Å²) >= 11 is 0. The summed E-state index contributed by atoms with van der Waals surface area (Å²) in [6.45, 7) is 0. The van der Waals surface area contributed by atoms with Gasteiger partial charge >= 0.3 is 5.76 Å². The Bertz CT molecular complexity index is 764. The van der Waals surface area contributed by atoms with Gasteiger partial charge in [-0.05, 0) is 6.07 Å². The van der Waals surface area contributed by atoms with Gasteiger partial charge in [-0.3, -0.25) is 4.98 Å². The Kier molecular flexibility index (Phi) is 2.04. The number of hydrogen-bond donors (Lipinski definition) is 0. The second kappa shape index (κ2) is 3.55. The summed E-state index contributed by atoms with van der Waals surface area (Å²) in [6.07, 6.45) is 2.96. The van der Waals surface area contributed by atoms with Crippen molar-refractivity contribution >= 4 is 21.8 Å². The quantitative estimate of drug-likeness (QED) is 0.593. The van der Waals surface area contributed by atoms with Crippen molar-refractivity contribution in [1.29, 1.82) is 0 Å². The molecule has 0 aliphatic carbocycles. The van der Waals surface area contributed by atoms with E-state index in [0.29, 0.717) is 22.2 Å². The number of fused-ring (bicyclic) bond motifs is 3. The molecule has 0 radical (unpaired) electrons. The summed E-state index contributed by atoms with van der Waals surface area (Å²) in [5.74, 6) is 0.0345. The molecule has 84 valence electrons. The van der Waals surface area contributed by atoms with E-state index in [0.717, 1.165) is 5.39 Å². The first-order valence-corrected chi connectivity index (χ1v) is 5.01. The van der Waals surface area contributed by atoms with E-state index in [9.17, 15) is 4.79 Å². The standard InChI is InChI=1S/C12H8N2O3/c1-16-9-4-2-3-8-10-7(5-13-11(8)9)6-17-12(15)14-10/h2-6H,1H3. The Morgan fingerprint density at radius 1 is 1.29 bits per heavy atom. The van der Waals surface area contributed by atoms with Gasteiger partial charge in [0, 0.05) is 11.6 Å². The van der Waals surface area contributed by atoms with E-state index in [1.165, 1.54) is 6.26 Å². The molecule has 0 saturated heterocycles. The van der Waals surface area contributed by atoms with Gasteiger partial charge in [-0.1, -0.05) is 12.1 Å². The molecule has 0 saturated carbocycles. The molecule has 0 fully saturated rings. The molecule has 0 N–H and O–H groups in total. The minimum absolute atomic E-state index is 0.574. The number of nitrogens with zero attached hydrogens (tertiary/aromatic N) is 2. The van der Waals surface area contributed by atoms with E-state index in [4.69, 9.17) is 9.15 Å². The van der Waals surface area contributed by atoms with Crippen molar-refractivity contribution in [3.05, 3.63) is 41.2 Å². The first-order valence-electron chi connectivity index (χ1n) is 5.01. The molecular formula is C12H8N2O3. The molecule has 3 rings (SSSR count). The molecule has 0 aliphatic heterocycles. The molecule has 0 spiro atoms. The van der Waals surface area contributed by atoms with Crippen molar-refractivity contribution in [2.24, 2.45) is 0 Å². The fourth-order valence-electron chi connectivity index (χ4n) is 1.80. The smallest absolute Gasteiger partial charge is 0.439 e. The van der Waals surface area contributed by atoms with Crippen LogP contribution >= 0.6 is 0 Å². The van der Waals surface area contributed by atoms with Crippen LogP contribution in [-0.2, 0) is 0 Å². The molecule has 5 nitrogen and oxygen atoms in total. The largest absolute Gasteiger partial charge is 0.494 e. The van der Waals surface area contributed by atoms with Gasteiger partial charge < -0.3 is 9.15 Å². The van der Waals surface area contributed by atoms with Crippen LogP contribution in [0.5, 0.6) is 5.75 Å². The first kappa shape index (κ1) is 9.77. The number of hydrogen-bond acceptors (Lipinski definition) is 5. The lowest BCUT2D eigenvalue weighted by molar-refractivity contribution is 0.419. The Labute approximate surface area is 95.7 Å². The van der Waals surface area contributed by atoms with Gasteiger partial charge in [0.2, 0.25) is 0 Å². The highest BCUT2D eigenvalue weighted by molar-refractivity contribution is 6.04. The minimum atomic E-state index is -0.618. The zero-order valence-corrected chi connectivity index (χ0v) is 9.01. The Morgan fingerprint density at radius 2 is 2.18 bits per heavy atom. The van der Waals surface area contributed by atoms with Crippen LogP contribution in [0.15, 0.2) is 39.9 Å². The molecule has 17 heavy (non-hydrogen) atoms. The van der Waals surface area contributed by atoms with Crippen molar-refractivity contribution in [2.45, 2.75) is 0 Å². The second-order valence-electron chi connectivity index (χ2n) is 3.53. The number of ether oxygens (including phenoxy) is 1. The highest BCUT2D eigenvalue weighted by Crippen LogP contribution is 2.27. The molecule has 0 atom stereocenters. The van der Waals surface area contributed by atoms with Crippen LogP contribution in [0.25, 0.3) is 21.8 Å². The highest BCUT2D eigenvalue weighted by Gasteiger charge is 2.08. The zero-order chi connectivity index (χ0) is 11.8. The number of rotatable bonds is 1. The van der Waals surface area contributed by atoms with Crippen molar-refractivity contribution in [1.82, 2.24) is 9.97 Å². The number of methoxy groups -OCH3 is 1. The van der Waals surface area contributed by atoms with E-state index in [1.54, 1.807) is 13.3 Å². The highest BCUT2D eigenvalue weighted by atomic mass is 16.5. The van der Waals surface area contributed by atoms with E-state index >= 15 is 0 Å². The first-order chi connectivity index (χ1) is 8.29. The predicted octanol–water partition coefficient (Wildman–Crippen LogP) is 1.74. The fraction of sp³-hybridized carbons (Fsp3) is 0.0833. The third kappa shape index (κ3) is 1.44. The lowest BCUT2D eigenvalue weighted by atomic mass is 10.1. The summed E-state index contributed by atoms with van der Waals surface area (Å²) in [5.41, 5.74) is 1.26. The zero-order valence-electron chi connectivity index (χ0n) is 9.01. The summed E-state index contributed by atoms with van der Waals surface area (Å²) in [6, 6.07) is 5.49. The SMILES string of the molecule is COc1cccc2c1ncc1coc(=O)nc12. The Morgan fingerprint density at radius 3 is 3.00 bits per heavy atom. The molecule has 2 aromatic heterocycles. The maximum absolute atomic E-state index is 11.2. The maximum Gasteiger partial charge on any atom is 0.439 e. The van der Waals surface area contributed by atoms with Crippen molar-refractivity contribution in [2.75, 3.05) is 7.11 Å². The van der Waals surface area contributed by atoms with Crippen molar-refractivity contribution < 1.29 is 9.15 Å². The van der Waals surface area contributed by atoms with Crippen LogP contribution in [0.2, 0.25) is 0 Å². The molecule has 0 amide bonds. The number of para-hydroxylation sites is 1. The second-order valence-corrected chi connectivity index (χ2v) is 3.53. The van der Waals surface area contributed by atoms with Gasteiger partial charge in [-0.2, -0.15) is 4.98 Å². The van der Waals surface area contributed by atoms with Crippen LogP contribution in [0.3, 0.4) is 0 Å². The normalized spacial score (nSPS) is 10.9. The van der Waals surface area contributed by atoms with Gasteiger partial charge in [0.25, 0.3) is 0 Å². The van der Waals surface area contributed by atoms with Gasteiger partial charge in [0.1, 0.15) is 17.5 Å². The number of benzene rings is 1. The molecular weight excluding hydrogens is 220 g/mol. The van der Waals surface area contributed by atoms with Gasteiger partial charge in [-0.15, -0.1) is 0 Å². The van der Waals surface area contributed by atoms with E-state index in [-0.39, 0.29) is 0 Å². The minimum Gasteiger partial charge on any atom is -0.494 e. The van der Waals surface area contributed by atoms with Crippen LogP contribution in [0.1, 0.15) is 0 Å². The Hall–Kier alpha value is -2.43. The molecule has 1 aromatic carbocycles. The molecule has 0 aliphatic rings. The monoisotopic (exact) mass is 228 g/mol. The Balaban J connectivity index is 2.55. The van der Waals surface area contributed by atoms with E-state index < -0.39 is 5.76 Å². The molecule has 5 heteroatoms. The molecule has 0 unspecified atom stereocenters. The van der Waals surface area contributed by atoms with Gasteiger partial charge in [-0.25, -0.2) is 4.79 Å².